The first-order chi connectivity index (χ1) is 4.35. The van der Waals surface area contributed by atoms with Crippen LogP contribution >= 0.6 is 0 Å². The molecule has 0 atom stereocenters. The van der Waals surface area contributed by atoms with E-state index in [1.54, 1.807) is 6.08 Å². The Morgan fingerprint density at radius 2 is 2.22 bits per heavy atom. The van der Waals surface area contributed by atoms with Crippen molar-refractivity contribution in [3.05, 3.63) is 36.6 Å². The van der Waals surface area contributed by atoms with Crippen molar-refractivity contribution in [3.63, 3.8) is 0 Å². The third-order valence-corrected chi connectivity index (χ3v) is 0.881. The van der Waals surface area contributed by atoms with Crippen molar-refractivity contribution in [3.8, 4) is 0 Å². The standard InChI is InChI=1S/C8H11N/c1-4-6-7-8(5-2)9-3/h4-7H,1,3H2,2H3/b7-6-,8-5+. The van der Waals surface area contributed by atoms with Crippen LogP contribution in [0, 0.1) is 0 Å². The fourth-order valence-corrected chi connectivity index (χ4v) is 0.407. The Balaban J connectivity index is 3.99. The predicted molar refractivity (Wildman–Crippen MR) is 42.6 cm³/mol. The van der Waals surface area contributed by atoms with E-state index < -0.39 is 0 Å². The Kier molecular flexibility index (Phi) is 4.41. The van der Waals surface area contributed by atoms with E-state index in [1.807, 2.05) is 25.2 Å². The molecule has 0 aromatic rings. The van der Waals surface area contributed by atoms with Crippen molar-refractivity contribution in [2.24, 2.45) is 4.99 Å². The van der Waals surface area contributed by atoms with Gasteiger partial charge in [0.25, 0.3) is 0 Å². The minimum absolute atomic E-state index is 0.870. The van der Waals surface area contributed by atoms with Gasteiger partial charge in [-0.15, -0.1) is 0 Å². The Labute approximate surface area is 56.1 Å². The summed E-state index contributed by atoms with van der Waals surface area (Å²) in [5, 5.41) is 0. The first kappa shape index (κ1) is 7.89. The molecular formula is C8H11N. The second-order valence-corrected chi connectivity index (χ2v) is 1.47. The predicted octanol–water partition coefficient (Wildman–Crippen LogP) is 2.33. The summed E-state index contributed by atoms with van der Waals surface area (Å²) < 4.78 is 0. The van der Waals surface area contributed by atoms with Gasteiger partial charge in [-0.1, -0.05) is 24.8 Å². The highest BCUT2D eigenvalue weighted by Crippen LogP contribution is 1.95. The first-order valence-corrected chi connectivity index (χ1v) is 2.77. The Morgan fingerprint density at radius 3 is 2.56 bits per heavy atom. The lowest BCUT2D eigenvalue weighted by Gasteiger charge is -1.85. The van der Waals surface area contributed by atoms with Gasteiger partial charge in [-0.25, -0.2) is 0 Å². The average molecular weight is 121 g/mol. The van der Waals surface area contributed by atoms with Gasteiger partial charge in [-0.2, -0.15) is 0 Å². The minimum atomic E-state index is 0.870. The van der Waals surface area contributed by atoms with Crippen LogP contribution in [0.1, 0.15) is 6.92 Å². The molecule has 0 aliphatic heterocycles. The third kappa shape index (κ3) is 3.47. The Hall–Kier alpha value is -1.11. The fourth-order valence-electron chi connectivity index (χ4n) is 0.407. The van der Waals surface area contributed by atoms with Gasteiger partial charge < -0.3 is 0 Å². The topological polar surface area (TPSA) is 12.4 Å². The molecule has 0 aliphatic carbocycles. The molecular weight excluding hydrogens is 110 g/mol. The molecule has 0 aromatic heterocycles. The molecule has 0 saturated carbocycles. The quantitative estimate of drug-likeness (QED) is 0.401. The van der Waals surface area contributed by atoms with E-state index in [1.165, 1.54) is 0 Å². The maximum Gasteiger partial charge on any atom is 0.0579 e. The SMILES string of the molecule is C=C/C=C\C(=C/C)N=C. The summed E-state index contributed by atoms with van der Waals surface area (Å²) in [5.41, 5.74) is 0.870. The van der Waals surface area contributed by atoms with E-state index in [9.17, 15) is 0 Å². The van der Waals surface area contributed by atoms with Crippen LogP contribution in [0.5, 0.6) is 0 Å². The van der Waals surface area contributed by atoms with Crippen LogP contribution < -0.4 is 0 Å². The molecule has 0 unspecified atom stereocenters. The molecule has 0 N–H and O–H groups in total. The van der Waals surface area contributed by atoms with Gasteiger partial charge in [0.05, 0.1) is 5.70 Å². The summed E-state index contributed by atoms with van der Waals surface area (Å²) in [5.74, 6) is 0. The van der Waals surface area contributed by atoms with Crippen LogP contribution in [0.15, 0.2) is 41.6 Å². The lowest BCUT2D eigenvalue weighted by Crippen LogP contribution is -1.65. The largest absolute Gasteiger partial charge is 0.265 e. The van der Waals surface area contributed by atoms with E-state index in [0.717, 1.165) is 5.70 Å². The van der Waals surface area contributed by atoms with E-state index >= 15 is 0 Å². The number of nitrogens with zero attached hydrogens (tertiary/aromatic N) is 1. The maximum absolute atomic E-state index is 3.72. The van der Waals surface area contributed by atoms with Crippen molar-refractivity contribution in [1.29, 1.82) is 0 Å². The van der Waals surface area contributed by atoms with Crippen LogP contribution in [0.3, 0.4) is 0 Å². The van der Waals surface area contributed by atoms with Gasteiger partial charge in [0.15, 0.2) is 0 Å². The zero-order valence-electron chi connectivity index (χ0n) is 5.67. The highest BCUT2D eigenvalue weighted by molar-refractivity contribution is 5.33. The molecule has 1 nitrogen and oxygen atoms in total. The van der Waals surface area contributed by atoms with Crippen LogP contribution in [0.25, 0.3) is 0 Å². The van der Waals surface area contributed by atoms with E-state index in [2.05, 4.69) is 18.3 Å². The highest BCUT2D eigenvalue weighted by Gasteiger charge is 1.76. The van der Waals surface area contributed by atoms with Crippen molar-refractivity contribution in [1.82, 2.24) is 0 Å². The van der Waals surface area contributed by atoms with Crippen molar-refractivity contribution in [2.75, 3.05) is 0 Å². The first-order valence-electron chi connectivity index (χ1n) is 2.77. The number of rotatable bonds is 3. The van der Waals surface area contributed by atoms with E-state index in [-0.39, 0.29) is 0 Å². The van der Waals surface area contributed by atoms with E-state index in [0.29, 0.717) is 0 Å². The molecule has 0 fully saturated rings. The number of allylic oxidation sites excluding steroid dienone is 4. The zero-order chi connectivity index (χ0) is 7.11. The molecule has 0 saturated heterocycles. The van der Waals surface area contributed by atoms with Crippen molar-refractivity contribution >= 4 is 6.72 Å². The smallest absolute Gasteiger partial charge is 0.0579 e. The second kappa shape index (κ2) is 5.04. The molecule has 9 heavy (non-hydrogen) atoms. The van der Waals surface area contributed by atoms with Gasteiger partial charge >= 0.3 is 0 Å². The second-order valence-electron chi connectivity index (χ2n) is 1.47. The zero-order valence-corrected chi connectivity index (χ0v) is 5.67. The molecule has 0 amide bonds. The molecule has 0 heterocycles. The Bertz CT molecular complexity index is 152. The molecule has 0 radical (unpaired) electrons. The summed E-state index contributed by atoms with van der Waals surface area (Å²) in [7, 11) is 0. The monoisotopic (exact) mass is 121 g/mol. The summed E-state index contributed by atoms with van der Waals surface area (Å²) in [6.07, 6.45) is 7.26. The molecule has 48 valence electrons. The lowest BCUT2D eigenvalue weighted by atomic mass is 10.4. The van der Waals surface area contributed by atoms with Gasteiger partial charge in [0, 0.05) is 0 Å². The number of aliphatic imine (C=N–C) groups is 1. The summed E-state index contributed by atoms with van der Waals surface area (Å²) in [6.45, 7) is 8.82. The lowest BCUT2D eigenvalue weighted by molar-refractivity contribution is 1.41. The van der Waals surface area contributed by atoms with Crippen LogP contribution in [0.4, 0.5) is 0 Å². The van der Waals surface area contributed by atoms with E-state index in [4.69, 9.17) is 0 Å². The number of hydrogen-bond donors (Lipinski definition) is 0. The maximum atomic E-state index is 3.72. The Morgan fingerprint density at radius 1 is 1.56 bits per heavy atom. The molecule has 1 heteroatoms. The normalized spacial score (nSPS) is 11.9. The third-order valence-electron chi connectivity index (χ3n) is 0.881. The molecule has 0 aliphatic rings. The summed E-state index contributed by atoms with van der Waals surface area (Å²) >= 11 is 0. The minimum Gasteiger partial charge on any atom is -0.265 e. The van der Waals surface area contributed by atoms with Crippen LogP contribution in [0.2, 0.25) is 0 Å². The van der Waals surface area contributed by atoms with Crippen molar-refractivity contribution < 1.29 is 0 Å². The summed E-state index contributed by atoms with van der Waals surface area (Å²) in [6, 6.07) is 0. The molecule has 0 rings (SSSR count). The average Bonchev–Trinajstić information content (AvgIpc) is 1.91. The van der Waals surface area contributed by atoms with Gasteiger partial charge in [-0.3, -0.25) is 4.99 Å². The highest BCUT2D eigenvalue weighted by atomic mass is 14.7. The fraction of sp³-hybridized carbons (Fsp3) is 0.125. The van der Waals surface area contributed by atoms with Gasteiger partial charge in [0.2, 0.25) is 0 Å². The molecule has 0 spiro atoms. The van der Waals surface area contributed by atoms with Crippen LogP contribution in [-0.4, -0.2) is 6.72 Å². The van der Waals surface area contributed by atoms with Gasteiger partial charge in [0.1, 0.15) is 0 Å². The van der Waals surface area contributed by atoms with Crippen molar-refractivity contribution in [2.45, 2.75) is 6.92 Å². The van der Waals surface area contributed by atoms with Crippen LogP contribution in [-0.2, 0) is 0 Å². The molecule has 0 aromatic carbocycles. The van der Waals surface area contributed by atoms with Gasteiger partial charge in [-0.05, 0) is 19.7 Å². The molecule has 0 bridgehead atoms. The number of hydrogen-bond acceptors (Lipinski definition) is 1. The summed E-state index contributed by atoms with van der Waals surface area (Å²) in [4.78, 5) is 3.72.